The lowest BCUT2D eigenvalue weighted by Crippen LogP contribution is -2.36. The summed E-state index contributed by atoms with van der Waals surface area (Å²) in [5.74, 6) is -0.378. The number of benzene rings is 3. The quantitative estimate of drug-likeness (QED) is 0.392. The van der Waals surface area contributed by atoms with E-state index in [2.05, 4.69) is 25.1 Å². The number of carbonyl (C=O) groups is 1. The first-order chi connectivity index (χ1) is 14.7. The third-order valence-corrected chi connectivity index (χ3v) is 5.42. The van der Waals surface area contributed by atoms with E-state index in [1.807, 2.05) is 54.6 Å². The highest BCUT2D eigenvalue weighted by Crippen LogP contribution is 2.40. The highest BCUT2D eigenvalue weighted by Gasteiger charge is 2.38. The summed E-state index contributed by atoms with van der Waals surface area (Å²) >= 11 is 0. The van der Waals surface area contributed by atoms with Crippen LogP contribution in [0.4, 0.5) is 0 Å². The Morgan fingerprint density at radius 2 is 1.77 bits per heavy atom. The third kappa shape index (κ3) is 3.96. The van der Waals surface area contributed by atoms with Crippen molar-refractivity contribution in [3.8, 4) is 5.75 Å². The van der Waals surface area contributed by atoms with Crippen LogP contribution in [0.2, 0.25) is 0 Å². The summed E-state index contributed by atoms with van der Waals surface area (Å²) in [5.41, 5.74) is 2.73. The van der Waals surface area contributed by atoms with Crippen LogP contribution in [0.15, 0.2) is 66.7 Å². The van der Waals surface area contributed by atoms with E-state index in [0.717, 1.165) is 40.3 Å². The maximum atomic E-state index is 13.0. The number of carbonyl (C=O) groups excluding carboxylic acids is 1. The van der Waals surface area contributed by atoms with Gasteiger partial charge in [0.1, 0.15) is 11.7 Å². The molecule has 4 rings (SSSR count). The summed E-state index contributed by atoms with van der Waals surface area (Å²) in [6, 6.07) is 22.1. The van der Waals surface area contributed by atoms with Crippen LogP contribution in [0.5, 0.6) is 5.75 Å². The lowest BCUT2D eigenvalue weighted by atomic mass is 9.87. The molecule has 0 aromatic heterocycles. The SMILES string of the molecule is CCCCO[C@H]1Oc2ccccc2C=C(c2cccc3ccccc23)[C@@H]1C(=O)OC. The zero-order chi connectivity index (χ0) is 20.9. The summed E-state index contributed by atoms with van der Waals surface area (Å²) < 4.78 is 17.5. The first-order valence-electron chi connectivity index (χ1n) is 10.4. The topological polar surface area (TPSA) is 44.8 Å². The van der Waals surface area contributed by atoms with Crippen molar-refractivity contribution < 1.29 is 19.0 Å². The molecule has 1 aliphatic rings. The molecule has 0 N–H and O–H groups in total. The Morgan fingerprint density at radius 1 is 1.00 bits per heavy atom. The van der Waals surface area contributed by atoms with Gasteiger partial charge in [-0.1, -0.05) is 74.0 Å². The van der Waals surface area contributed by atoms with E-state index in [1.54, 1.807) is 0 Å². The Labute approximate surface area is 177 Å². The van der Waals surface area contributed by atoms with Gasteiger partial charge in [0.15, 0.2) is 0 Å². The number of hydrogen-bond acceptors (Lipinski definition) is 4. The summed E-state index contributed by atoms with van der Waals surface area (Å²) in [6.45, 7) is 2.62. The molecular formula is C26H26O4. The van der Waals surface area contributed by atoms with Gasteiger partial charge in [-0.15, -0.1) is 0 Å². The Morgan fingerprint density at radius 3 is 2.60 bits per heavy atom. The number of unbranched alkanes of at least 4 members (excludes halogenated alkanes) is 1. The Balaban J connectivity index is 1.91. The van der Waals surface area contributed by atoms with Crippen LogP contribution < -0.4 is 4.74 Å². The van der Waals surface area contributed by atoms with Gasteiger partial charge in [-0.2, -0.15) is 0 Å². The van der Waals surface area contributed by atoms with Crippen molar-refractivity contribution in [3.63, 3.8) is 0 Å². The van der Waals surface area contributed by atoms with Crippen molar-refractivity contribution in [2.24, 2.45) is 5.92 Å². The average Bonchev–Trinajstić information content (AvgIpc) is 2.95. The standard InChI is InChI=1S/C26H26O4/c1-3-4-16-29-26-24(25(27)28-2)22(17-19-11-6-8-15-23(19)30-26)21-14-9-12-18-10-5-7-13-20(18)21/h5-15,17,24,26H,3-4,16H2,1-2H3/t24-,26+/m1/s1. The molecule has 1 heterocycles. The molecule has 0 aliphatic carbocycles. The molecule has 0 saturated carbocycles. The van der Waals surface area contributed by atoms with E-state index in [9.17, 15) is 4.79 Å². The minimum atomic E-state index is -0.766. The lowest BCUT2D eigenvalue weighted by Gasteiger charge is -2.27. The summed E-state index contributed by atoms with van der Waals surface area (Å²) in [6.07, 6.45) is 3.15. The molecule has 2 atom stereocenters. The highest BCUT2D eigenvalue weighted by molar-refractivity contribution is 6.04. The van der Waals surface area contributed by atoms with Gasteiger partial charge in [-0.05, 0) is 40.5 Å². The van der Waals surface area contributed by atoms with Gasteiger partial charge in [-0.3, -0.25) is 4.79 Å². The van der Waals surface area contributed by atoms with Gasteiger partial charge >= 0.3 is 5.97 Å². The zero-order valence-corrected chi connectivity index (χ0v) is 17.3. The molecule has 0 fully saturated rings. The molecule has 3 aromatic rings. The minimum absolute atomic E-state index is 0.372. The predicted octanol–water partition coefficient (Wildman–Crippen LogP) is 5.70. The molecule has 154 valence electrons. The second-order valence-electron chi connectivity index (χ2n) is 7.38. The summed E-state index contributed by atoms with van der Waals surface area (Å²) in [7, 11) is 1.41. The molecule has 4 heteroatoms. The fraction of sp³-hybridized carbons (Fsp3) is 0.269. The lowest BCUT2D eigenvalue weighted by molar-refractivity contribution is -0.160. The molecule has 3 aromatic carbocycles. The second kappa shape index (κ2) is 9.14. The van der Waals surface area contributed by atoms with Crippen LogP contribution in [0.25, 0.3) is 22.4 Å². The number of methoxy groups -OCH3 is 1. The van der Waals surface area contributed by atoms with Gasteiger partial charge in [-0.25, -0.2) is 0 Å². The van der Waals surface area contributed by atoms with Crippen molar-refractivity contribution in [2.75, 3.05) is 13.7 Å². The monoisotopic (exact) mass is 402 g/mol. The van der Waals surface area contributed by atoms with E-state index in [-0.39, 0.29) is 5.97 Å². The van der Waals surface area contributed by atoms with Crippen molar-refractivity contribution in [1.29, 1.82) is 0 Å². The fourth-order valence-corrected chi connectivity index (χ4v) is 3.87. The number of para-hydroxylation sites is 1. The smallest absolute Gasteiger partial charge is 0.319 e. The molecule has 30 heavy (non-hydrogen) atoms. The maximum absolute atomic E-state index is 13.0. The van der Waals surface area contributed by atoms with Gasteiger partial charge in [0, 0.05) is 5.56 Å². The molecule has 0 radical (unpaired) electrons. The Bertz CT molecular complexity index is 1060. The van der Waals surface area contributed by atoms with Gasteiger partial charge < -0.3 is 14.2 Å². The first-order valence-corrected chi connectivity index (χ1v) is 10.4. The van der Waals surface area contributed by atoms with Crippen LogP contribution >= 0.6 is 0 Å². The number of hydrogen-bond donors (Lipinski definition) is 0. The van der Waals surface area contributed by atoms with Crippen LogP contribution in [-0.4, -0.2) is 26.0 Å². The van der Waals surface area contributed by atoms with Crippen molar-refractivity contribution in [1.82, 2.24) is 0 Å². The predicted molar refractivity (Wildman–Crippen MR) is 119 cm³/mol. The highest BCUT2D eigenvalue weighted by atomic mass is 16.7. The summed E-state index contributed by atoms with van der Waals surface area (Å²) in [5, 5.41) is 2.19. The van der Waals surface area contributed by atoms with Crippen molar-refractivity contribution in [3.05, 3.63) is 77.9 Å². The third-order valence-electron chi connectivity index (χ3n) is 5.42. The minimum Gasteiger partial charge on any atom is -0.468 e. The average molecular weight is 402 g/mol. The van der Waals surface area contributed by atoms with Crippen LogP contribution in [-0.2, 0) is 14.3 Å². The van der Waals surface area contributed by atoms with Gasteiger partial charge in [0.25, 0.3) is 0 Å². The van der Waals surface area contributed by atoms with E-state index in [1.165, 1.54) is 7.11 Å². The van der Waals surface area contributed by atoms with Crippen molar-refractivity contribution >= 4 is 28.4 Å². The molecule has 0 saturated heterocycles. The normalized spacial score (nSPS) is 18.1. The molecule has 4 nitrogen and oxygen atoms in total. The molecule has 0 bridgehead atoms. The number of fused-ring (bicyclic) bond motifs is 2. The van der Waals surface area contributed by atoms with Gasteiger partial charge in [0.05, 0.1) is 13.7 Å². The number of ether oxygens (including phenoxy) is 3. The molecule has 1 aliphatic heterocycles. The largest absolute Gasteiger partial charge is 0.468 e. The van der Waals surface area contributed by atoms with E-state index in [0.29, 0.717) is 12.4 Å². The number of esters is 1. The van der Waals surface area contributed by atoms with E-state index < -0.39 is 12.2 Å². The van der Waals surface area contributed by atoms with Crippen LogP contribution in [0.1, 0.15) is 30.9 Å². The van der Waals surface area contributed by atoms with E-state index >= 15 is 0 Å². The molecule has 0 amide bonds. The molecular weight excluding hydrogens is 376 g/mol. The zero-order valence-electron chi connectivity index (χ0n) is 17.3. The fourth-order valence-electron chi connectivity index (χ4n) is 3.87. The first kappa shape index (κ1) is 20.2. The van der Waals surface area contributed by atoms with Crippen LogP contribution in [0.3, 0.4) is 0 Å². The Kier molecular flexibility index (Phi) is 6.15. The Hall–Kier alpha value is -3.11. The second-order valence-corrected chi connectivity index (χ2v) is 7.38. The molecule has 0 unspecified atom stereocenters. The van der Waals surface area contributed by atoms with Crippen LogP contribution in [0, 0.1) is 5.92 Å². The number of rotatable bonds is 6. The van der Waals surface area contributed by atoms with Crippen molar-refractivity contribution in [2.45, 2.75) is 26.1 Å². The molecule has 0 spiro atoms. The van der Waals surface area contributed by atoms with E-state index in [4.69, 9.17) is 14.2 Å². The maximum Gasteiger partial charge on any atom is 0.319 e. The van der Waals surface area contributed by atoms with Gasteiger partial charge in [0.2, 0.25) is 6.29 Å². The summed E-state index contributed by atoms with van der Waals surface area (Å²) in [4.78, 5) is 13.0.